The number of nitrogens with zero attached hydrogens (tertiary/aromatic N) is 3. The number of aryl methyl sites for hydroxylation is 1. The van der Waals surface area contributed by atoms with Crippen LogP contribution in [-0.2, 0) is 11.8 Å². The summed E-state index contributed by atoms with van der Waals surface area (Å²) in [6.07, 6.45) is -3.79. The van der Waals surface area contributed by atoms with Crippen LogP contribution in [0.1, 0.15) is 30.1 Å². The summed E-state index contributed by atoms with van der Waals surface area (Å²) in [5.74, 6) is -1.74. The van der Waals surface area contributed by atoms with E-state index in [0.29, 0.717) is 18.6 Å². The Bertz CT molecular complexity index is 1070. The standard InChI is InChI=1S/C21H22F3N3O2/c1-3-29-20(28)16-11-15-14-8-4-5-9-17(14)26(2)18(15)25-19(16)27-10-6-7-13(12-27)21(22,23)24/h4-5,8-9,11,13H,3,6-7,10,12H2,1-2H3. The topological polar surface area (TPSA) is 47.4 Å². The number of rotatable bonds is 3. The quantitative estimate of drug-likeness (QED) is 0.594. The predicted molar refractivity (Wildman–Crippen MR) is 105 cm³/mol. The van der Waals surface area contributed by atoms with Crippen LogP contribution in [0.25, 0.3) is 21.9 Å². The van der Waals surface area contributed by atoms with E-state index in [-0.39, 0.29) is 31.0 Å². The largest absolute Gasteiger partial charge is 0.462 e. The van der Waals surface area contributed by atoms with Crippen LogP contribution in [0.5, 0.6) is 0 Å². The molecule has 5 nitrogen and oxygen atoms in total. The minimum Gasteiger partial charge on any atom is -0.462 e. The Labute approximate surface area is 166 Å². The summed E-state index contributed by atoms with van der Waals surface area (Å²) >= 11 is 0. The molecule has 0 aliphatic carbocycles. The fourth-order valence-corrected chi connectivity index (χ4v) is 4.09. The zero-order valence-electron chi connectivity index (χ0n) is 16.3. The fraction of sp³-hybridized carbons (Fsp3) is 0.429. The van der Waals surface area contributed by atoms with Gasteiger partial charge in [-0.1, -0.05) is 18.2 Å². The van der Waals surface area contributed by atoms with Crippen LogP contribution in [0.3, 0.4) is 0 Å². The molecule has 3 heterocycles. The van der Waals surface area contributed by atoms with E-state index in [1.165, 1.54) is 0 Å². The number of carbonyl (C=O) groups is 1. The Hall–Kier alpha value is -2.77. The third-order valence-corrected chi connectivity index (χ3v) is 5.53. The number of ether oxygens (including phenoxy) is 1. The number of halogens is 3. The Morgan fingerprint density at radius 2 is 2.03 bits per heavy atom. The first-order valence-electron chi connectivity index (χ1n) is 9.68. The molecule has 8 heteroatoms. The molecular formula is C21H22F3N3O2. The molecule has 1 atom stereocenters. The van der Waals surface area contributed by atoms with Gasteiger partial charge in [0.05, 0.1) is 18.0 Å². The first-order chi connectivity index (χ1) is 13.8. The molecule has 1 aliphatic rings. The van der Waals surface area contributed by atoms with Gasteiger partial charge in [-0.25, -0.2) is 9.78 Å². The van der Waals surface area contributed by atoms with Gasteiger partial charge in [0.15, 0.2) is 0 Å². The molecule has 1 saturated heterocycles. The van der Waals surface area contributed by atoms with Crippen LogP contribution in [0.4, 0.5) is 19.0 Å². The average Bonchev–Trinajstić information content (AvgIpc) is 2.99. The summed E-state index contributed by atoms with van der Waals surface area (Å²) in [6, 6.07) is 9.40. The van der Waals surface area contributed by atoms with Gasteiger partial charge in [0, 0.05) is 30.9 Å². The number of alkyl halides is 3. The third-order valence-electron chi connectivity index (χ3n) is 5.53. The summed E-state index contributed by atoms with van der Waals surface area (Å²) in [6.45, 7) is 2.08. The maximum Gasteiger partial charge on any atom is 0.393 e. The van der Waals surface area contributed by atoms with E-state index in [1.807, 2.05) is 35.9 Å². The second-order valence-electron chi connectivity index (χ2n) is 7.35. The number of pyridine rings is 1. The van der Waals surface area contributed by atoms with Crippen LogP contribution < -0.4 is 4.90 Å². The highest BCUT2D eigenvalue weighted by Crippen LogP contribution is 2.37. The predicted octanol–water partition coefficient (Wildman–Crippen LogP) is 4.68. The monoisotopic (exact) mass is 405 g/mol. The summed E-state index contributed by atoms with van der Waals surface area (Å²) in [5.41, 5.74) is 1.77. The van der Waals surface area contributed by atoms with Gasteiger partial charge >= 0.3 is 12.1 Å². The van der Waals surface area contributed by atoms with Crippen molar-refractivity contribution in [3.05, 3.63) is 35.9 Å². The molecule has 1 aromatic carbocycles. The summed E-state index contributed by atoms with van der Waals surface area (Å²) in [5, 5.41) is 1.71. The molecule has 3 aromatic rings. The van der Waals surface area contributed by atoms with Gasteiger partial charge in [0.2, 0.25) is 0 Å². The van der Waals surface area contributed by atoms with E-state index in [2.05, 4.69) is 4.98 Å². The first kappa shape index (κ1) is 19.5. The van der Waals surface area contributed by atoms with Gasteiger partial charge in [0.1, 0.15) is 17.0 Å². The van der Waals surface area contributed by atoms with Gasteiger partial charge < -0.3 is 14.2 Å². The van der Waals surface area contributed by atoms with Crippen LogP contribution >= 0.6 is 0 Å². The third kappa shape index (κ3) is 3.41. The number of benzene rings is 1. The van der Waals surface area contributed by atoms with Crippen molar-refractivity contribution in [3.63, 3.8) is 0 Å². The first-order valence-corrected chi connectivity index (χ1v) is 9.68. The number of piperidine rings is 1. The Balaban J connectivity index is 1.89. The molecule has 4 rings (SSSR count). The Kier molecular flexibility index (Phi) is 4.88. The second-order valence-corrected chi connectivity index (χ2v) is 7.35. The zero-order valence-corrected chi connectivity index (χ0v) is 16.3. The van der Waals surface area contributed by atoms with E-state index in [4.69, 9.17) is 4.74 Å². The van der Waals surface area contributed by atoms with Crippen LogP contribution in [0.15, 0.2) is 30.3 Å². The highest BCUT2D eigenvalue weighted by atomic mass is 19.4. The highest BCUT2D eigenvalue weighted by Gasteiger charge is 2.42. The number of anilines is 1. The Morgan fingerprint density at radius 1 is 1.28 bits per heavy atom. The summed E-state index contributed by atoms with van der Waals surface area (Å²) < 4.78 is 47.1. The van der Waals surface area contributed by atoms with Crippen LogP contribution in [0.2, 0.25) is 0 Å². The van der Waals surface area contributed by atoms with E-state index < -0.39 is 18.1 Å². The van der Waals surface area contributed by atoms with Crippen molar-refractivity contribution in [1.82, 2.24) is 9.55 Å². The van der Waals surface area contributed by atoms with Gasteiger partial charge in [-0.15, -0.1) is 0 Å². The highest BCUT2D eigenvalue weighted by molar-refractivity contribution is 6.10. The lowest BCUT2D eigenvalue weighted by Crippen LogP contribution is -2.42. The molecular weight excluding hydrogens is 383 g/mol. The smallest absolute Gasteiger partial charge is 0.393 e. The van der Waals surface area contributed by atoms with Gasteiger partial charge in [0.25, 0.3) is 0 Å². The SMILES string of the molecule is CCOC(=O)c1cc2c3ccccc3n(C)c2nc1N1CCCC(C(F)(F)F)C1. The number of hydrogen-bond donors (Lipinski definition) is 0. The normalized spacial score (nSPS) is 17.8. The minimum atomic E-state index is -4.27. The summed E-state index contributed by atoms with van der Waals surface area (Å²) in [4.78, 5) is 18.9. The Morgan fingerprint density at radius 3 is 2.76 bits per heavy atom. The lowest BCUT2D eigenvalue weighted by atomic mass is 9.97. The van der Waals surface area contributed by atoms with Gasteiger partial charge in [-0.05, 0) is 31.9 Å². The van der Waals surface area contributed by atoms with Crippen molar-refractivity contribution in [1.29, 1.82) is 0 Å². The molecule has 0 bridgehead atoms. The number of carbonyl (C=O) groups excluding carboxylic acids is 1. The van der Waals surface area contributed by atoms with E-state index in [9.17, 15) is 18.0 Å². The average molecular weight is 405 g/mol. The molecule has 0 spiro atoms. The van der Waals surface area contributed by atoms with Crippen molar-refractivity contribution in [3.8, 4) is 0 Å². The maximum absolute atomic E-state index is 13.3. The van der Waals surface area contributed by atoms with Gasteiger partial charge in [-0.2, -0.15) is 13.2 Å². The molecule has 154 valence electrons. The molecule has 1 fully saturated rings. The number of hydrogen-bond acceptors (Lipinski definition) is 4. The van der Waals surface area contributed by atoms with E-state index in [0.717, 1.165) is 16.3 Å². The number of esters is 1. The minimum absolute atomic E-state index is 0.0883. The molecule has 1 unspecified atom stereocenters. The van der Waals surface area contributed by atoms with Crippen molar-refractivity contribution in [2.45, 2.75) is 25.9 Å². The molecule has 0 N–H and O–H groups in total. The van der Waals surface area contributed by atoms with Crippen molar-refractivity contribution in [2.75, 3.05) is 24.6 Å². The van der Waals surface area contributed by atoms with Gasteiger partial charge in [-0.3, -0.25) is 0 Å². The molecule has 0 radical (unpaired) electrons. The number of fused-ring (bicyclic) bond motifs is 3. The zero-order chi connectivity index (χ0) is 20.8. The lowest BCUT2D eigenvalue weighted by molar-refractivity contribution is -0.176. The molecule has 0 saturated carbocycles. The van der Waals surface area contributed by atoms with Crippen molar-refractivity contribution >= 4 is 33.7 Å². The fourth-order valence-electron chi connectivity index (χ4n) is 4.09. The maximum atomic E-state index is 13.3. The van der Waals surface area contributed by atoms with E-state index >= 15 is 0 Å². The summed E-state index contributed by atoms with van der Waals surface area (Å²) in [7, 11) is 1.86. The van der Waals surface area contributed by atoms with E-state index in [1.54, 1.807) is 17.9 Å². The van der Waals surface area contributed by atoms with Crippen molar-refractivity contribution in [2.24, 2.45) is 13.0 Å². The number of aromatic nitrogens is 2. The molecule has 1 aliphatic heterocycles. The van der Waals surface area contributed by atoms with Crippen molar-refractivity contribution < 1.29 is 22.7 Å². The second kappa shape index (κ2) is 7.24. The number of para-hydroxylation sites is 1. The molecule has 29 heavy (non-hydrogen) atoms. The van der Waals surface area contributed by atoms with Crippen LogP contribution in [-0.4, -0.2) is 41.4 Å². The lowest BCUT2D eigenvalue weighted by Gasteiger charge is -2.35. The molecule has 0 amide bonds. The van der Waals surface area contributed by atoms with Crippen LogP contribution in [0, 0.1) is 5.92 Å². The molecule has 2 aromatic heterocycles.